The third-order valence-corrected chi connectivity index (χ3v) is 10.9. The molecule has 0 aromatic carbocycles. The molecule has 0 radical (unpaired) electrons. The minimum Gasteiger partial charge on any atom is -0.394 e. The van der Waals surface area contributed by atoms with Crippen LogP contribution in [0, 0.1) is 0 Å². The summed E-state index contributed by atoms with van der Waals surface area (Å²) in [6, 6.07) is -1.69. The first-order chi connectivity index (χ1) is 27.4. The summed E-state index contributed by atoms with van der Waals surface area (Å²) in [5, 5.41) is 151. The van der Waals surface area contributed by atoms with E-state index in [-0.39, 0.29) is 0 Å². The predicted molar refractivity (Wildman–Crippen MR) is 180 cm³/mol. The highest BCUT2D eigenvalue weighted by atomic mass is 16.8. The maximum absolute atomic E-state index is 12.6. The van der Waals surface area contributed by atoms with E-state index in [1.54, 1.807) is 0 Å². The second-order valence-electron chi connectivity index (χ2n) is 15.0. The molecule has 25 nitrogen and oxygen atoms in total. The second kappa shape index (κ2) is 20.2. The average molecular weight is 852 g/mol. The van der Waals surface area contributed by atoms with Crippen molar-refractivity contribution in [3.05, 3.63) is 0 Å². The fourth-order valence-electron chi connectivity index (χ4n) is 7.56. The van der Waals surface area contributed by atoms with Gasteiger partial charge < -0.3 is 119 Å². The Hall–Kier alpha value is -1.45. The minimum atomic E-state index is -2.04. The second-order valence-corrected chi connectivity index (χ2v) is 15.0. The highest BCUT2D eigenvalue weighted by Gasteiger charge is 2.57. The molecule has 0 saturated carbocycles. The summed E-state index contributed by atoms with van der Waals surface area (Å²) < 4.78 is 51.6. The summed E-state index contributed by atoms with van der Waals surface area (Å²) in [7, 11) is 0. The Morgan fingerprint density at radius 1 is 0.431 bits per heavy atom. The van der Waals surface area contributed by atoms with E-state index in [1.165, 1.54) is 13.8 Å². The Labute approximate surface area is 330 Å². The highest BCUT2D eigenvalue weighted by molar-refractivity contribution is 5.73. The van der Waals surface area contributed by atoms with Gasteiger partial charge in [0.25, 0.3) is 0 Å². The van der Waals surface area contributed by atoms with Crippen LogP contribution in [0.1, 0.15) is 20.8 Å². The molecule has 5 heterocycles. The van der Waals surface area contributed by atoms with Crippen LogP contribution in [0.15, 0.2) is 0 Å². The third kappa shape index (κ3) is 9.77. The number of ether oxygens (including phenoxy) is 9. The third-order valence-electron chi connectivity index (χ3n) is 10.9. The van der Waals surface area contributed by atoms with Crippen molar-refractivity contribution in [2.75, 3.05) is 26.4 Å². The van der Waals surface area contributed by atoms with Crippen molar-refractivity contribution in [3.8, 4) is 0 Å². The van der Waals surface area contributed by atoms with E-state index in [4.69, 9.17) is 42.6 Å². The molecule has 0 aromatic heterocycles. The lowest BCUT2D eigenvalue weighted by molar-refractivity contribution is -0.388. The SMILES string of the molecule is CC(=O)NC1[C@H](O[C@@H]2C(O)[C@@H](O[C@H]3C(CO)O[C@@H](C)C(O)[C@H]3O)OC(CO)[C@@H]2O)OC(CO)[C@H](O)[C@@H]1O[C@@H]1OC(CO)[C@H](O)[C@H](O)C1O[C@@H]1OC(C)[C@@H](O)[C@H](O)C1O. The zero-order chi connectivity index (χ0) is 42.9. The number of hydrogen-bond donors (Lipinski definition) is 15. The lowest BCUT2D eigenvalue weighted by atomic mass is 9.94. The number of nitrogens with one attached hydrogen (secondary N) is 1. The number of aliphatic hydroxyl groups excluding tert-OH is 14. The molecule has 0 aromatic rings. The number of aliphatic hydroxyl groups is 14. The topological polar surface area (TPSA) is 395 Å². The zero-order valence-corrected chi connectivity index (χ0v) is 31.6. The molecular formula is C33H57NO24. The Bertz CT molecular complexity index is 1310. The van der Waals surface area contributed by atoms with E-state index in [1.807, 2.05) is 0 Å². The van der Waals surface area contributed by atoms with Crippen LogP contribution in [0.4, 0.5) is 0 Å². The van der Waals surface area contributed by atoms with Crippen LogP contribution < -0.4 is 5.32 Å². The van der Waals surface area contributed by atoms with E-state index in [0.29, 0.717) is 0 Å². The Morgan fingerprint density at radius 3 is 1.45 bits per heavy atom. The van der Waals surface area contributed by atoms with Gasteiger partial charge in [-0.05, 0) is 13.8 Å². The normalized spacial score (nSPS) is 51.6. The maximum Gasteiger partial charge on any atom is 0.217 e. The summed E-state index contributed by atoms with van der Waals surface area (Å²) in [5.41, 5.74) is 0. The molecule has 5 aliphatic rings. The molecule has 5 saturated heterocycles. The van der Waals surface area contributed by atoms with Gasteiger partial charge in [0.05, 0.1) is 38.6 Å². The van der Waals surface area contributed by atoms with Gasteiger partial charge in [0.1, 0.15) is 116 Å². The summed E-state index contributed by atoms with van der Waals surface area (Å²) in [5.74, 6) is -0.802. The lowest BCUT2D eigenvalue weighted by Gasteiger charge is -2.50. The summed E-state index contributed by atoms with van der Waals surface area (Å²) >= 11 is 0. The lowest BCUT2D eigenvalue weighted by Crippen LogP contribution is -2.70. The van der Waals surface area contributed by atoms with Crippen LogP contribution in [0.25, 0.3) is 0 Å². The quantitative estimate of drug-likeness (QED) is 0.0818. The fourth-order valence-corrected chi connectivity index (χ4v) is 7.56. The van der Waals surface area contributed by atoms with Crippen molar-refractivity contribution < 1.29 is 119 Å². The first kappa shape index (κ1) is 47.6. The van der Waals surface area contributed by atoms with Crippen molar-refractivity contribution in [1.29, 1.82) is 0 Å². The minimum absolute atomic E-state index is 0.710. The largest absolute Gasteiger partial charge is 0.394 e. The van der Waals surface area contributed by atoms with Crippen LogP contribution in [0.2, 0.25) is 0 Å². The summed E-state index contributed by atoms with van der Waals surface area (Å²) in [6.07, 6.45) is -40.8. The Morgan fingerprint density at radius 2 is 0.862 bits per heavy atom. The molecule has 10 unspecified atom stereocenters. The number of rotatable bonds is 13. The van der Waals surface area contributed by atoms with Crippen molar-refractivity contribution in [3.63, 3.8) is 0 Å². The number of carbonyl (C=O) groups excluding carboxylic acids is 1. The molecule has 5 aliphatic heterocycles. The number of carbonyl (C=O) groups is 1. The molecule has 1 amide bonds. The molecule has 0 spiro atoms. The maximum atomic E-state index is 12.6. The fraction of sp³-hybridized carbons (Fsp3) is 0.970. The predicted octanol–water partition coefficient (Wildman–Crippen LogP) is -9.68. The monoisotopic (exact) mass is 851 g/mol. The van der Waals surface area contributed by atoms with E-state index in [9.17, 15) is 76.3 Å². The van der Waals surface area contributed by atoms with Crippen LogP contribution >= 0.6 is 0 Å². The van der Waals surface area contributed by atoms with Gasteiger partial charge in [-0.15, -0.1) is 0 Å². The van der Waals surface area contributed by atoms with Crippen molar-refractivity contribution in [1.82, 2.24) is 5.32 Å². The van der Waals surface area contributed by atoms with Gasteiger partial charge in [-0.1, -0.05) is 0 Å². The van der Waals surface area contributed by atoms with Crippen LogP contribution in [0.3, 0.4) is 0 Å². The molecule has 0 bridgehead atoms. The van der Waals surface area contributed by atoms with Gasteiger partial charge in [0.2, 0.25) is 5.91 Å². The van der Waals surface area contributed by atoms with Gasteiger partial charge in [0, 0.05) is 6.92 Å². The van der Waals surface area contributed by atoms with Crippen LogP contribution in [-0.2, 0) is 47.4 Å². The average Bonchev–Trinajstić information content (AvgIpc) is 3.19. The first-order valence-corrected chi connectivity index (χ1v) is 18.8. The Balaban J connectivity index is 1.44. The van der Waals surface area contributed by atoms with E-state index < -0.39 is 186 Å². The molecule has 58 heavy (non-hydrogen) atoms. The van der Waals surface area contributed by atoms with E-state index in [0.717, 1.165) is 6.92 Å². The van der Waals surface area contributed by atoms with Gasteiger partial charge in [-0.3, -0.25) is 4.79 Å². The first-order valence-electron chi connectivity index (χ1n) is 18.8. The molecule has 5 fully saturated rings. The standard InChI is InChI=1S/C33H57NO24/c1-8-17(41)22(46)26(14(7-38)50-8)55-32-25(49)28(20(44)13(6-37)53-32)57-30-15(34-10(3)39)27(19(43)12(5-36)52-30)56-33-29(23(47)18(42)11(4-35)54-33)58-31-24(48)21(45)16(40)9(2)51-31/h8-9,11-33,35-38,40-49H,4-7H2,1-3H3,(H,34,39)/t8-,9?,11?,12?,13?,14?,15?,16+,17?,18-,19-,20-,21-,22+,23-,24?,25?,26-,27+,28-,29?,30-,31-,32+,33-/m0/s1. The summed E-state index contributed by atoms with van der Waals surface area (Å²) in [4.78, 5) is 12.6. The van der Waals surface area contributed by atoms with Crippen molar-refractivity contribution in [2.45, 2.75) is 174 Å². The Kier molecular flexibility index (Phi) is 16.5. The van der Waals surface area contributed by atoms with Crippen LogP contribution in [-0.4, -0.2) is 257 Å². The van der Waals surface area contributed by atoms with E-state index >= 15 is 0 Å². The molecule has 25 heteroatoms. The van der Waals surface area contributed by atoms with Gasteiger partial charge in [-0.2, -0.15) is 0 Å². The smallest absolute Gasteiger partial charge is 0.217 e. The molecule has 15 N–H and O–H groups in total. The highest BCUT2D eigenvalue weighted by Crippen LogP contribution is 2.36. The molecule has 25 atom stereocenters. The van der Waals surface area contributed by atoms with Crippen LogP contribution in [0.5, 0.6) is 0 Å². The van der Waals surface area contributed by atoms with Gasteiger partial charge >= 0.3 is 0 Å². The zero-order valence-electron chi connectivity index (χ0n) is 31.6. The molecule has 338 valence electrons. The van der Waals surface area contributed by atoms with E-state index in [2.05, 4.69) is 5.32 Å². The van der Waals surface area contributed by atoms with Gasteiger partial charge in [0.15, 0.2) is 25.2 Å². The number of amides is 1. The molecular weight excluding hydrogens is 794 g/mol. The molecule has 5 rings (SSSR count). The number of hydrogen-bond acceptors (Lipinski definition) is 24. The summed E-state index contributed by atoms with van der Waals surface area (Å²) in [6.45, 7) is 0.349. The van der Waals surface area contributed by atoms with Crippen molar-refractivity contribution >= 4 is 5.91 Å². The van der Waals surface area contributed by atoms with Gasteiger partial charge in [-0.25, -0.2) is 0 Å². The molecule has 0 aliphatic carbocycles. The van der Waals surface area contributed by atoms with Crippen molar-refractivity contribution in [2.24, 2.45) is 0 Å².